The molecule has 0 spiro atoms. The fourth-order valence-corrected chi connectivity index (χ4v) is 7.77. The quantitative estimate of drug-likeness (QED) is 0.230. The lowest BCUT2D eigenvalue weighted by molar-refractivity contribution is -0.140. The van der Waals surface area contributed by atoms with Crippen LogP contribution < -0.4 is 30.9 Å². The highest BCUT2D eigenvalue weighted by Crippen LogP contribution is 2.38. The summed E-state index contributed by atoms with van der Waals surface area (Å²) in [5, 5.41) is 26.1. The Morgan fingerprint density at radius 2 is 1.83 bits per heavy atom. The summed E-state index contributed by atoms with van der Waals surface area (Å²) in [6.45, 7) is 8.80. The molecule has 1 aromatic carbocycles. The molecule has 2 aliphatic heterocycles. The molecule has 280 valence electrons. The second kappa shape index (κ2) is 13.9. The number of aromatic nitrogens is 6. The highest BCUT2D eigenvalue weighted by molar-refractivity contribution is 5.91. The van der Waals surface area contributed by atoms with Crippen LogP contribution >= 0.6 is 0 Å². The van der Waals surface area contributed by atoms with Crippen LogP contribution in [0.3, 0.4) is 0 Å². The number of hydrogen-bond acceptors (Lipinski definition) is 10. The Kier molecular flexibility index (Phi) is 9.52. The van der Waals surface area contributed by atoms with Gasteiger partial charge in [-0.25, -0.2) is 9.07 Å². The van der Waals surface area contributed by atoms with Crippen molar-refractivity contribution in [2.75, 3.05) is 65.8 Å². The first kappa shape index (κ1) is 35.5. The lowest BCUT2D eigenvalue weighted by Gasteiger charge is -2.42. The normalized spacial score (nSPS) is 18.9. The van der Waals surface area contributed by atoms with Gasteiger partial charge in [0.05, 0.1) is 23.5 Å². The fourth-order valence-electron chi connectivity index (χ4n) is 7.77. The van der Waals surface area contributed by atoms with Gasteiger partial charge < -0.3 is 35.0 Å². The minimum atomic E-state index is -4.89. The first-order chi connectivity index (χ1) is 24.8. The molecule has 1 saturated carbocycles. The Morgan fingerprint density at radius 3 is 2.50 bits per heavy atom. The number of rotatable bonds is 8. The molecule has 3 N–H and O–H groups in total. The highest BCUT2D eigenvalue weighted by atomic mass is 19.4. The number of carbonyl (C=O) groups is 1. The number of amides is 1. The molecule has 0 radical (unpaired) electrons. The first-order valence-electron chi connectivity index (χ1n) is 17.8. The van der Waals surface area contributed by atoms with Gasteiger partial charge in [-0.15, -0.1) is 5.10 Å². The number of alkyl halides is 3. The van der Waals surface area contributed by atoms with Crippen molar-refractivity contribution in [3.63, 3.8) is 0 Å². The van der Waals surface area contributed by atoms with Gasteiger partial charge in [-0.3, -0.25) is 9.59 Å². The zero-order chi connectivity index (χ0) is 36.9. The Balaban J connectivity index is 1.23. The van der Waals surface area contributed by atoms with Crippen molar-refractivity contribution in [2.24, 2.45) is 0 Å². The third kappa shape index (κ3) is 6.52. The number of aromatic hydroxyl groups is 1. The van der Waals surface area contributed by atoms with Crippen molar-refractivity contribution < 1.29 is 27.5 Å². The summed E-state index contributed by atoms with van der Waals surface area (Å²) < 4.78 is 59.0. The molecule has 7 rings (SSSR count). The summed E-state index contributed by atoms with van der Waals surface area (Å²) in [6.07, 6.45) is 1.31. The lowest BCUT2D eigenvalue weighted by Crippen LogP contribution is -2.54. The van der Waals surface area contributed by atoms with E-state index in [0.29, 0.717) is 87.4 Å². The molecule has 0 bridgehead atoms. The van der Waals surface area contributed by atoms with Crippen LogP contribution in [-0.4, -0.2) is 91.8 Å². The number of nitrogens with one attached hydrogen (secondary N) is 2. The summed E-state index contributed by atoms with van der Waals surface area (Å²) in [5.74, 6) is -1.53. The molecule has 1 amide bonds. The summed E-state index contributed by atoms with van der Waals surface area (Å²) in [5.41, 5.74) is -0.341. The zero-order valence-corrected chi connectivity index (χ0v) is 29.4. The topological polar surface area (TPSA) is 141 Å². The van der Waals surface area contributed by atoms with Gasteiger partial charge in [0.15, 0.2) is 0 Å². The van der Waals surface area contributed by atoms with Crippen LogP contribution in [0.2, 0.25) is 0 Å². The van der Waals surface area contributed by atoms with Crippen molar-refractivity contribution >= 4 is 34.7 Å². The van der Waals surface area contributed by atoms with E-state index in [9.17, 15) is 32.3 Å². The molecule has 3 fully saturated rings. The van der Waals surface area contributed by atoms with Crippen LogP contribution in [0.4, 0.5) is 40.6 Å². The zero-order valence-electron chi connectivity index (χ0n) is 29.4. The number of piperazine rings is 2. The van der Waals surface area contributed by atoms with Crippen molar-refractivity contribution in [2.45, 2.75) is 77.7 Å². The van der Waals surface area contributed by atoms with Crippen molar-refractivity contribution in [1.29, 1.82) is 0 Å². The molecular formula is C34H43F4N11O3. The second-order valence-electron chi connectivity index (χ2n) is 13.8. The van der Waals surface area contributed by atoms with E-state index in [1.54, 1.807) is 15.4 Å². The molecule has 3 aliphatic rings. The van der Waals surface area contributed by atoms with Gasteiger partial charge in [0.2, 0.25) is 23.5 Å². The monoisotopic (exact) mass is 729 g/mol. The fraction of sp³-hybridized carbons (Fsp3) is 0.559. The van der Waals surface area contributed by atoms with E-state index in [-0.39, 0.29) is 41.5 Å². The van der Waals surface area contributed by atoms with Gasteiger partial charge in [-0.1, -0.05) is 19.8 Å². The smallest absolute Gasteiger partial charge is 0.419 e. The maximum Gasteiger partial charge on any atom is 0.419 e. The summed E-state index contributed by atoms with van der Waals surface area (Å²) in [7, 11) is 0. The van der Waals surface area contributed by atoms with E-state index in [2.05, 4.69) is 25.7 Å². The first-order valence-corrected chi connectivity index (χ1v) is 17.8. The predicted molar refractivity (Wildman–Crippen MR) is 187 cm³/mol. The van der Waals surface area contributed by atoms with Crippen LogP contribution in [0.1, 0.15) is 62.4 Å². The van der Waals surface area contributed by atoms with E-state index >= 15 is 0 Å². The Hall–Kier alpha value is -4.87. The molecule has 3 aromatic heterocycles. The number of fused-ring (bicyclic) bond motifs is 1. The standard InChI is InChI=1S/C34H43F4N11O3/c1-4-26-29(45-13-14-46(21(3)18-45)27-17-40-48(30(27)51)22-7-5-6-8-22)31(52)49-33(42-32(43-49)44-11-9-39-10-12-44)47(26)19-28(50)41-25-16-24(35)23(15-20(25)2)34(36,37)38/h15-17,21-22,39,51H,4-14,18-19H2,1-3H3,(H,41,50)/t21-/m1/s1. The minimum absolute atomic E-state index is 0.0404. The third-order valence-corrected chi connectivity index (χ3v) is 10.4. The lowest BCUT2D eigenvalue weighted by atomic mass is 10.1. The van der Waals surface area contributed by atoms with Gasteiger partial charge >= 0.3 is 6.18 Å². The largest absolute Gasteiger partial charge is 0.492 e. The molecule has 1 aliphatic carbocycles. The number of hydrogen-bond donors (Lipinski definition) is 3. The Bertz CT molecular complexity index is 2030. The average molecular weight is 730 g/mol. The number of nitrogens with zero attached hydrogens (tertiary/aromatic N) is 9. The van der Waals surface area contributed by atoms with Crippen molar-refractivity contribution in [1.82, 2.24) is 34.3 Å². The van der Waals surface area contributed by atoms with Gasteiger partial charge in [0, 0.05) is 57.5 Å². The molecule has 4 aromatic rings. The number of halogens is 4. The minimum Gasteiger partial charge on any atom is -0.492 e. The van der Waals surface area contributed by atoms with Crippen LogP contribution in [0.15, 0.2) is 23.1 Å². The van der Waals surface area contributed by atoms with Gasteiger partial charge in [-0.05, 0) is 50.8 Å². The molecule has 0 unspecified atom stereocenters. The molecule has 14 nitrogen and oxygen atoms in total. The second-order valence-corrected chi connectivity index (χ2v) is 13.8. The Labute approximate surface area is 297 Å². The van der Waals surface area contributed by atoms with Crippen LogP contribution in [0, 0.1) is 12.7 Å². The predicted octanol–water partition coefficient (Wildman–Crippen LogP) is 3.70. The molecule has 2 saturated heterocycles. The molecule has 52 heavy (non-hydrogen) atoms. The molecule has 1 atom stereocenters. The van der Waals surface area contributed by atoms with E-state index in [1.807, 2.05) is 23.6 Å². The molecule has 5 heterocycles. The number of benzene rings is 1. The molecular weight excluding hydrogens is 686 g/mol. The van der Waals surface area contributed by atoms with Crippen LogP contribution in [0.5, 0.6) is 5.88 Å². The van der Waals surface area contributed by atoms with E-state index in [0.717, 1.165) is 25.7 Å². The summed E-state index contributed by atoms with van der Waals surface area (Å²) in [4.78, 5) is 38.7. The molecule has 18 heteroatoms. The number of anilines is 4. The number of aryl methyl sites for hydroxylation is 1. The number of carbonyl (C=O) groups excluding carboxylic acids is 1. The van der Waals surface area contributed by atoms with E-state index < -0.39 is 29.0 Å². The summed E-state index contributed by atoms with van der Waals surface area (Å²) in [6, 6.07) is 1.37. The van der Waals surface area contributed by atoms with Crippen LogP contribution in [0.25, 0.3) is 5.78 Å². The van der Waals surface area contributed by atoms with E-state index in [4.69, 9.17) is 4.98 Å². The van der Waals surface area contributed by atoms with Crippen molar-refractivity contribution in [3.8, 4) is 5.88 Å². The van der Waals surface area contributed by atoms with Crippen LogP contribution in [-0.2, 0) is 23.9 Å². The Morgan fingerprint density at radius 1 is 1.10 bits per heavy atom. The van der Waals surface area contributed by atoms with Gasteiger partial charge in [-0.2, -0.15) is 27.8 Å². The maximum absolute atomic E-state index is 14.5. The average Bonchev–Trinajstić information content (AvgIpc) is 3.88. The highest BCUT2D eigenvalue weighted by Gasteiger charge is 2.36. The van der Waals surface area contributed by atoms with Crippen molar-refractivity contribution in [3.05, 3.63) is 51.3 Å². The SMILES string of the molecule is CCc1c(N2CCN(c3cnn(C4CCCC4)c3O)[C@H](C)C2)c(=O)n2nc(N3CCNCC3)nc2n1CC(=O)Nc1cc(F)c(C(F)(F)F)cc1C. The summed E-state index contributed by atoms with van der Waals surface area (Å²) >= 11 is 0. The van der Waals surface area contributed by atoms with Gasteiger partial charge in [0.1, 0.15) is 23.7 Å². The third-order valence-electron chi connectivity index (χ3n) is 10.4. The van der Waals surface area contributed by atoms with E-state index in [1.165, 1.54) is 11.4 Å². The maximum atomic E-state index is 14.5. The van der Waals surface area contributed by atoms with Gasteiger partial charge in [0.25, 0.3) is 5.56 Å².